The van der Waals surface area contributed by atoms with Crippen molar-refractivity contribution in [3.05, 3.63) is 45.6 Å². The largest absolute Gasteiger partial charge is 0.462 e. The van der Waals surface area contributed by atoms with Crippen LogP contribution in [0.25, 0.3) is 0 Å². The summed E-state index contributed by atoms with van der Waals surface area (Å²) >= 11 is 3.56. The zero-order chi connectivity index (χ0) is 17.8. The highest BCUT2D eigenvalue weighted by molar-refractivity contribution is 9.10. The van der Waals surface area contributed by atoms with E-state index < -0.39 is 6.04 Å². The molecule has 0 saturated carbocycles. The van der Waals surface area contributed by atoms with Crippen molar-refractivity contribution >= 4 is 27.8 Å². The normalized spacial score (nSPS) is 16.4. The lowest BCUT2D eigenvalue weighted by atomic mass is 9.96. The van der Waals surface area contributed by atoms with E-state index in [0.29, 0.717) is 23.8 Å². The smallest absolute Gasteiger partial charge is 0.338 e. The quantitative estimate of drug-likeness (QED) is 0.585. The fraction of sp³-hybridized carbons (Fsp3) is 0.412. The molecule has 1 atom stereocenters. The highest BCUT2D eigenvalue weighted by Crippen LogP contribution is 2.37. The number of allylic oxidation sites excluding steroid dienone is 1. The molecule has 1 aliphatic heterocycles. The van der Waals surface area contributed by atoms with Crippen molar-refractivity contribution in [3.63, 3.8) is 0 Å². The van der Waals surface area contributed by atoms with Crippen LogP contribution >= 0.6 is 15.9 Å². The van der Waals surface area contributed by atoms with Gasteiger partial charge in [-0.25, -0.2) is 4.79 Å². The van der Waals surface area contributed by atoms with Crippen LogP contribution in [0.5, 0.6) is 0 Å². The number of halogens is 1. The molecule has 0 bridgehead atoms. The minimum Gasteiger partial charge on any atom is -0.462 e. The van der Waals surface area contributed by atoms with Crippen LogP contribution in [0.1, 0.15) is 44.7 Å². The highest BCUT2D eigenvalue weighted by Gasteiger charge is 2.35. The number of nitrogens with zero attached hydrogens (tertiary/aromatic N) is 4. The van der Waals surface area contributed by atoms with E-state index in [0.717, 1.165) is 29.3 Å². The maximum Gasteiger partial charge on any atom is 0.338 e. The molecule has 25 heavy (non-hydrogen) atoms. The minimum absolute atomic E-state index is 0.344. The Hall–Kier alpha value is -2.22. The Kier molecular flexibility index (Phi) is 5.47. The summed E-state index contributed by atoms with van der Waals surface area (Å²) in [7, 11) is 0. The van der Waals surface area contributed by atoms with Gasteiger partial charge in [0.2, 0.25) is 5.95 Å². The molecule has 2 heterocycles. The number of ether oxygens (including phenoxy) is 1. The fourth-order valence-corrected chi connectivity index (χ4v) is 3.36. The number of hydrogen-bond donors (Lipinski definition) is 1. The molecule has 0 saturated heterocycles. The summed E-state index contributed by atoms with van der Waals surface area (Å²) < 4.78 is 7.99. The second-order valence-corrected chi connectivity index (χ2v) is 6.73. The van der Waals surface area contributed by atoms with Gasteiger partial charge >= 0.3 is 5.97 Å². The summed E-state index contributed by atoms with van der Waals surface area (Å²) in [5, 5.41) is 14.9. The average molecular weight is 406 g/mol. The van der Waals surface area contributed by atoms with E-state index in [1.807, 2.05) is 31.2 Å². The van der Waals surface area contributed by atoms with Gasteiger partial charge in [0, 0.05) is 10.2 Å². The first-order chi connectivity index (χ1) is 12.1. The van der Waals surface area contributed by atoms with Crippen LogP contribution in [0.15, 0.2) is 40.0 Å². The summed E-state index contributed by atoms with van der Waals surface area (Å²) in [6.07, 6.45) is 2.97. The van der Waals surface area contributed by atoms with E-state index in [-0.39, 0.29) is 5.97 Å². The van der Waals surface area contributed by atoms with Crippen LogP contribution < -0.4 is 5.32 Å². The van der Waals surface area contributed by atoms with Crippen molar-refractivity contribution in [1.82, 2.24) is 20.2 Å². The number of esters is 1. The highest BCUT2D eigenvalue weighted by atomic mass is 79.9. The van der Waals surface area contributed by atoms with Crippen molar-refractivity contribution in [2.75, 3.05) is 11.9 Å². The second-order valence-electron chi connectivity index (χ2n) is 5.88. The molecule has 1 aliphatic rings. The Labute approximate surface area is 154 Å². The van der Waals surface area contributed by atoms with Crippen LogP contribution in [-0.4, -0.2) is 32.8 Å². The van der Waals surface area contributed by atoms with Gasteiger partial charge in [0.25, 0.3) is 0 Å². The lowest BCUT2D eigenvalue weighted by Gasteiger charge is -2.28. The Bertz CT molecular complexity index is 802. The number of hydrogen-bond acceptors (Lipinski definition) is 6. The Morgan fingerprint density at radius 3 is 2.92 bits per heavy atom. The number of carbonyl (C=O) groups is 1. The Morgan fingerprint density at radius 2 is 2.16 bits per heavy atom. The summed E-state index contributed by atoms with van der Waals surface area (Å²) in [6, 6.07) is 7.28. The zero-order valence-electron chi connectivity index (χ0n) is 14.2. The van der Waals surface area contributed by atoms with Crippen LogP contribution in [0.3, 0.4) is 0 Å². The van der Waals surface area contributed by atoms with Crippen LogP contribution in [0.2, 0.25) is 0 Å². The number of nitrogens with one attached hydrogen (secondary N) is 1. The van der Waals surface area contributed by atoms with E-state index in [1.165, 1.54) is 0 Å². The molecule has 1 N–H and O–H groups in total. The Balaban J connectivity index is 1.96. The first-order valence-corrected chi connectivity index (χ1v) is 9.10. The van der Waals surface area contributed by atoms with Crippen molar-refractivity contribution in [3.8, 4) is 0 Å². The third kappa shape index (κ3) is 3.58. The molecule has 3 rings (SSSR count). The third-order valence-electron chi connectivity index (χ3n) is 4.11. The standard InChI is InChI=1S/C17H20BrN5O2/c1-3-4-7-10-25-16(24)14-11(2)19-17-20-21-22-23(17)15(14)12-8-5-6-9-13(12)18/h5-6,8-9,15H,3-4,7,10H2,1-2H3,(H,19,20,22)/t15-/m1/s1. The lowest BCUT2D eigenvalue weighted by Crippen LogP contribution is -2.30. The van der Waals surface area contributed by atoms with Gasteiger partial charge in [0.15, 0.2) is 0 Å². The number of tetrazole rings is 1. The molecule has 0 aliphatic carbocycles. The lowest BCUT2D eigenvalue weighted by molar-refractivity contribution is -0.139. The molecule has 1 aromatic carbocycles. The van der Waals surface area contributed by atoms with E-state index in [1.54, 1.807) is 4.68 Å². The van der Waals surface area contributed by atoms with E-state index >= 15 is 0 Å². The minimum atomic E-state index is -0.444. The van der Waals surface area contributed by atoms with Crippen molar-refractivity contribution in [2.45, 2.75) is 39.2 Å². The van der Waals surface area contributed by atoms with E-state index in [2.05, 4.69) is 43.7 Å². The summed E-state index contributed by atoms with van der Waals surface area (Å²) in [5.74, 6) is 0.156. The molecule has 7 nitrogen and oxygen atoms in total. The second kappa shape index (κ2) is 7.77. The van der Waals surface area contributed by atoms with Gasteiger partial charge in [-0.1, -0.05) is 59.0 Å². The molecule has 0 fully saturated rings. The van der Waals surface area contributed by atoms with Gasteiger partial charge in [-0.05, 0) is 35.4 Å². The molecule has 0 spiro atoms. The molecule has 2 aromatic rings. The number of rotatable bonds is 6. The van der Waals surface area contributed by atoms with Gasteiger partial charge in [0.05, 0.1) is 12.2 Å². The zero-order valence-corrected chi connectivity index (χ0v) is 15.8. The van der Waals surface area contributed by atoms with Gasteiger partial charge in [0.1, 0.15) is 6.04 Å². The monoisotopic (exact) mass is 405 g/mol. The molecule has 0 unspecified atom stereocenters. The van der Waals surface area contributed by atoms with Gasteiger partial charge in [-0.3, -0.25) is 0 Å². The van der Waals surface area contributed by atoms with E-state index in [9.17, 15) is 4.79 Å². The first kappa shape index (κ1) is 17.6. The predicted molar refractivity (Wildman–Crippen MR) is 96.9 cm³/mol. The third-order valence-corrected chi connectivity index (χ3v) is 4.84. The van der Waals surface area contributed by atoms with Crippen molar-refractivity contribution in [1.29, 1.82) is 0 Å². The number of aromatic nitrogens is 4. The summed E-state index contributed by atoms with van der Waals surface area (Å²) in [5.41, 5.74) is 2.11. The van der Waals surface area contributed by atoms with Crippen LogP contribution in [0, 0.1) is 0 Å². The average Bonchev–Trinajstić information content (AvgIpc) is 3.06. The van der Waals surface area contributed by atoms with E-state index in [4.69, 9.17) is 4.74 Å². The SMILES string of the molecule is CCCCCOC(=O)C1=C(C)Nc2nnnn2[C@@H]1c1ccccc1Br. The molecular formula is C17H20BrN5O2. The molecule has 1 aromatic heterocycles. The molecule has 0 amide bonds. The maximum atomic E-state index is 12.8. The number of benzene rings is 1. The summed E-state index contributed by atoms with van der Waals surface area (Å²) in [4.78, 5) is 12.8. The van der Waals surface area contributed by atoms with Gasteiger partial charge in [-0.2, -0.15) is 4.68 Å². The van der Waals surface area contributed by atoms with Crippen LogP contribution in [0.4, 0.5) is 5.95 Å². The number of carbonyl (C=O) groups excluding carboxylic acids is 1. The number of anilines is 1. The Morgan fingerprint density at radius 1 is 1.36 bits per heavy atom. The maximum absolute atomic E-state index is 12.8. The first-order valence-electron chi connectivity index (χ1n) is 8.30. The predicted octanol–water partition coefficient (Wildman–Crippen LogP) is 3.46. The molecule has 132 valence electrons. The van der Waals surface area contributed by atoms with Crippen molar-refractivity contribution < 1.29 is 9.53 Å². The summed E-state index contributed by atoms with van der Waals surface area (Å²) in [6.45, 7) is 4.36. The van der Waals surface area contributed by atoms with Gasteiger partial charge < -0.3 is 10.1 Å². The van der Waals surface area contributed by atoms with Crippen LogP contribution in [-0.2, 0) is 9.53 Å². The number of unbranched alkanes of at least 4 members (excludes halogenated alkanes) is 2. The molecule has 8 heteroatoms. The molecule has 0 radical (unpaired) electrons. The van der Waals surface area contributed by atoms with Gasteiger partial charge in [-0.15, -0.1) is 0 Å². The fourth-order valence-electron chi connectivity index (χ4n) is 2.86. The number of fused-ring (bicyclic) bond motifs is 1. The topological polar surface area (TPSA) is 81.9 Å². The van der Waals surface area contributed by atoms with Crippen molar-refractivity contribution in [2.24, 2.45) is 0 Å². The molecular weight excluding hydrogens is 386 g/mol.